The summed E-state index contributed by atoms with van der Waals surface area (Å²) in [4.78, 5) is 7.03. The molecular weight excluding hydrogens is 246 g/mol. The van der Waals surface area contributed by atoms with Gasteiger partial charge in [0.1, 0.15) is 0 Å². The van der Waals surface area contributed by atoms with E-state index in [2.05, 4.69) is 55.0 Å². The second kappa shape index (κ2) is 9.89. The Morgan fingerprint density at radius 1 is 1.20 bits per heavy atom. The average Bonchev–Trinajstić information content (AvgIpc) is 2.48. The zero-order valence-electron chi connectivity index (χ0n) is 13.6. The van der Waals surface area contributed by atoms with Gasteiger partial charge in [0, 0.05) is 24.8 Å². The monoisotopic (exact) mass is 277 g/mol. The minimum absolute atomic E-state index is 0.582. The standard InChI is InChI=1S/C17H31N3/c1-5-11-16(18-7-3)17(6-2)20(8-4)14-15-12-9-10-13-19-15/h9-10,12-13,16-18H,5-8,11,14H2,1-4H3. The van der Waals surface area contributed by atoms with Crippen molar-refractivity contribution in [1.82, 2.24) is 15.2 Å². The molecule has 1 rings (SSSR count). The molecule has 2 atom stereocenters. The summed E-state index contributed by atoms with van der Waals surface area (Å²) in [6.45, 7) is 12.1. The number of hydrogen-bond acceptors (Lipinski definition) is 3. The maximum atomic E-state index is 4.47. The van der Waals surface area contributed by atoms with Gasteiger partial charge < -0.3 is 5.32 Å². The fourth-order valence-corrected chi connectivity index (χ4v) is 2.96. The molecule has 3 heteroatoms. The maximum Gasteiger partial charge on any atom is 0.0544 e. The molecule has 0 bridgehead atoms. The summed E-state index contributed by atoms with van der Waals surface area (Å²) >= 11 is 0. The highest BCUT2D eigenvalue weighted by atomic mass is 15.2. The fraction of sp³-hybridized carbons (Fsp3) is 0.706. The molecule has 1 N–H and O–H groups in total. The van der Waals surface area contributed by atoms with Gasteiger partial charge in [-0.1, -0.05) is 40.2 Å². The van der Waals surface area contributed by atoms with Gasteiger partial charge in [0.2, 0.25) is 0 Å². The molecule has 0 radical (unpaired) electrons. The van der Waals surface area contributed by atoms with Crippen molar-refractivity contribution in [1.29, 1.82) is 0 Å². The first-order valence-corrected chi connectivity index (χ1v) is 8.14. The number of nitrogens with zero attached hydrogens (tertiary/aromatic N) is 2. The lowest BCUT2D eigenvalue weighted by molar-refractivity contribution is 0.144. The Morgan fingerprint density at radius 3 is 2.50 bits per heavy atom. The summed E-state index contributed by atoms with van der Waals surface area (Å²) in [6, 6.07) is 7.35. The third-order valence-electron chi connectivity index (χ3n) is 3.92. The Morgan fingerprint density at radius 2 is 2.00 bits per heavy atom. The van der Waals surface area contributed by atoms with E-state index in [1.807, 2.05) is 12.3 Å². The maximum absolute atomic E-state index is 4.47. The van der Waals surface area contributed by atoms with Gasteiger partial charge in [0.25, 0.3) is 0 Å². The summed E-state index contributed by atoms with van der Waals surface area (Å²) in [5.74, 6) is 0. The van der Waals surface area contributed by atoms with Crippen LogP contribution in [-0.4, -0.2) is 35.1 Å². The minimum Gasteiger partial charge on any atom is -0.313 e. The van der Waals surface area contributed by atoms with Gasteiger partial charge in [-0.2, -0.15) is 0 Å². The Balaban J connectivity index is 2.76. The van der Waals surface area contributed by atoms with E-state index in [4.69, 9.17) is 0 Å². The molecule has 114 valence electrons. The number of nitrogens with one attached hydrogen (secondary N) is 1. The summed E-state index contributed by atoms with van der Waals surface area (Å²) < 4.78 is 0. The molecule has 3 nitrogen and oxygen atoms in total. The van der Waals surface area contributed by atoms with Crippen LogP contribution in [0.25, 0.3) is 0 Å². The van der Waals surface area contributed by atoms with Crippen molar-refractivity contribution in [3.63, 3.8) is 0 Å². The van der Waals surface area contributed by atoms with Gasteiger partial charge >= 0.3 is 0 Å². The molecule has 0 saturated carbocycles. The Hall–Kier alpha value is -0.930. The van der Waals surface area contributed by atoms with Crippen molar-refractivity contribution in [2.24, 2.45) is 0 Å². The van der Waals surface area contributed by atoms with Crippen molar-refractivity contribution in [2.75, 3.05) is 13.1 Å². The number of aromatic nitrogens is 1. The predicted octanol–water partition coefficient (Wildman–Crippen LogP) is 3.46. The van der Waals surface area contributed by atoms with Crippen LogP contribution in [0.2, 0.25) is 0 Å². The van der Waals surface area contributed by atoms with Gasteiger partial charge in [-0.3, -0.25) is 9.88 Å². The molecule has 1 aromatic rings. The van der Waals surface area contributed by atoms with E-state index in [1.165, 1.54) is 25.0 Å². The molecule has 0 saturated heterocycles. The van der Waals surface area contributed by atoms with E-state index < -0.39 is 0 Å². The van der Waals surface area contributed by atoms with Gasteiger partial charge in [-0.25, -0.2) is 0 Å². The molecule has 20 heavy (non-hydrogen) atoms. The Bertz CT molecular complexity index is 333. The normalized spacial score (nSPS) is 14.4. The summed E-state index contributed by atoms with van der Waals surface area (Å²) in [7, 11) is 0. The smallest absolute Gasteiger partial charge is 0.0544 e. The molecule has 0 aliphatic rings. The summed E-state index contributed by atoms with van der Waals surface area (Å²) in [5, 5.41) is 3.67. The second-order valence-electron chi connectivity index (χ2n) is 5.31. The van der Waals surface area contributed by atoms with Gasteiger partial charge in [0.05, 0.1) is 5.69 Å². The highest BCUT2D eigenvalue weighted by Crippen LogP contribution is 2.16. The Kier molecular flexibility index (Phi) is 8.47. The van der Waals surface area contributed by atoms with E-state index in [0.29, 0.717) is 12.1 Å². The minimum atomic E-state index is 0.582. The van der Waals surface area contributed by atoms with Gasteiger partial charge in [-0.05, 0) is 38.1 Å². The molecule has 0 aliphatic heterocycles. The van der Waals surface area contributed by atoms with Crippen molar-refractivity contribution in [3.8, 4) is 0 Å². The van der Waals surface area contributed by atoms with Crippen LogP contribution in [0.15, 0.2) is 24.4 Å². The number of rotatable bonds is 10. The molecular formula is C17H31N3. The predicted molar refractivity (Wildman–Crippen MR) is 86.8 cm³/mol. The van der Waals surface area contributed by atoms with E-state index in [9.17, 15) is 0 Å². The largest absolute Gasteiger partial charge is 0.313 e. The zero-order chi connectivity index (χ0) is 14.8. The van der Waals surface area contributed by atoms with Crippen LogP contribution in [0, 0.1) is 0 Å². The quantitative estimate of drug-likeness (QED) is 0.710. The van der Waals surface area contributed by atoms with E-state index in [1.54, 1.807) is 0 Å². The molecule has 2 unspecified atom stereocenters. The van der Waals surface area contributed by atoms with Crippen LogP contribution in [0.5, 0.6) is 0 Å². The summed E-state index contributed by atoms with van der Waals surface area (Å²) in [6.07, 6.45) is 5.54. The molecule has 0 spiro atoms. The highest BCUT2D eigenvalue weighted by molar-refractivity contribution is 5.04. The lowest BCUT2D eigenvalue weighted by atomic mass is 9.98. The third-order valence-corrected chi connectivity index (χ3v) is 3.92. The molecule has 0 aromatic carbocycles. The zero-order valence-corrected chi connectivity index (χ0v) is 13.6. The van der Waals surface area contributed by atoms with E-state index in [0.717, 1.165) is 19.6 Å². The van der Waals surface area contributed by atoms with Gasteiger partial charge in [-0.15, -0.1) is 0 Å². The average molecular weight is 277 g/mol. The van der Waals surface area contributed by atoms with Crippen LogP contribution < -0.4 is 5.32 Å². The van der Waals surface area contributed by atoms with Crippen molar-refractivity contribution in [3.05, 3.63) is 30.1 Å². The van der Waals surface area contributed by atoms with Crippen LogP contribution >= 0.6 is 0 Å². The van der Waals surface area contributed by atoms with Crippen molar-refractivity contribution >= 4 is 0 Å². The van der Waals surface area contributed by atoms with E-state index in [-0.39, 0.29) is 0 Å². The SMILES string of the molecule is CCCC(NCC)C(CC)N(CC)Cc1ccccn1. The topological polar surface area (TPSA) is 28.2 Å². The molecule has 0 amide bonds. The molecule has 0 aliphatic carbocycles. The van der Waals surface area contributed by atoms with Crippen LogP contribution in [0.3, 0.4) is 0 Å². The molecule has 0 fully saturated rings. The molecule has 1 aromatic heterocycles. The van der Waals surface area contributed by atoms with Crippen molar-refractivity contribution < 1.29 is 0 Å². The third kappa shape index (κ3) is 5.22. The first-order valence-electron chi connectivity index (χ1n) is 8.14. The van der Waals surface area contributed by atoms with Crippen LogP contribution in [-0.2, 0) is 6.54 Å². The lowest BCUT2D eigenvalue weighted by Gasteiger charge is -2.36. The lowest BCUT2D eigenvalue weighted by Crippen LogP contribution is -2.49. The first kappa shape index (κ1) is 17.1. The Labute approximate surface area is 124 Å². The number of hydrogen-bond donors (Lipinski definition) is 1. The van der Waals surface area contributed by atoms with Gasteiger partial charge in [0.15, 0.2) is 0 Å². The highest BCUT2D eigenvalue weighted by Gasteiger charge is 2.24. The van der Waals surface area contributed by atoms with E-state index >= 15 is 0 Å². The summed E-state index contributed by atoms with van der Waals surface area (Å²) in [5.41, 5.74) is 1.17. The van der Waals surface area contributed by atoms with Crippen LogP contribution in [0.1, 0.15) is 52.7 Å². The first-order chi connectivity index (χ1) is 9.76. The molecule has 1 heterocycles. The second-order valence-corrected chi connectivity index (χ2v) is 5.31. The van der Waals surface area contributed by atoms with Crippen molar-refractivity contribution in [2.45, 2.75) is 65.6 Å². The van der Waals surface area contributed by atoms with Crippen LogP contribution in [0.4, 0.5) is 0 Å². The number of pyridine rings is 1. The number of likely N-dealkylation sites (N-methyl/N-ethyl adjacent to an activating group) is 2. The fourth-order valence-electron chi connectivity index (χ4n) is 2.96.